The Hall–Kier alpha value is -5.90. The van der Waals surface area contributed by atoms with Gasteiger partial charge < -0.3 is 0 Å². The highest BCUT2D eigenvalue weighted by Gasteiger charge is 2.24. The zero-order valence-corrected chi connectivity index (χ0v) is 33.5. The lowest BCUT2D eigenvalue weighted by Crippen LogP contribution is -2.37. The highest BCUT2D eigenvalue weighted by molar-refractivity contribution is 6.89. The third-order valence-corrected chi connectivity index (χ3v) is 15.2. The predicted molar refractivity (Wildman–Crippen MR) is 234 cm³/mol. The van der Waals surface area contributed by atoms with E-state index in [-0.39, 0.29) is 0 Å². The number of hydrogen-bond donors (Lipinski definition) is 0. The molecule has 10 rings (SSSR count). The fraction of sp³-hybridized carbons (Fsp3) is 0.128. The van der Waals surface area contributed by atoms with Gasteiger partial charge in [-0.15, -0.1) is 0 Å². The smallest absolute Gasteiger partial charge is 0.235 e. The van der Waals surface area contributed by atoms with E-state index in [2.05, 4.69) is 188 Å². The minimum Gasteiger partial charge on any atom is -0.290 e. The summed E-state index contributed by atoms with van der Waals surface area (Å²) in [6.07, 6.45) is 0. The number of nitrogens with zero attached hydrogens (tertiary/aromatic N) is 5. The number of para-hydroxylation sites is 3. The molecule has 0 spiro atoms. The summed E-state index contributed by atoms with van der Waals surface area (Å²) in [5.74, 6) is 0.649. The lowest BCUT2D eigenvalue weighted by Gasteiger charge is -2.18. The van der Waals surface area contributed by atoms with Crippen molar-refractivity contribution in [1.29, 1.82) is 0 Å². The molecular weight excluding hydrogens is 691 g/mol. The van der Waals surface area contributed by atoms with Crippen molar-refractivity contribution >= 4 is 86.7 Å². The molecule has 0 N–H and O–H groups in total. The van der Waals surface area contributed by atoms with Gasteiger partial charge in [0.25, 0.3) is 0 Å². The van der Waals surface area contributed by atoms with E-state index >= 15 is 0 Å². The van der Waals surface area contributed by atoms with Crippen LogP contribution in [0, 0.1) is 0 Å². The van der Waals surface area contributed by atoms with Crippen LogP contribution in [-0.2, 0) is 0 Å². The normalized spacial score (nSPS) is 12.6. The molecule has 6 aromatic carbocycles. The van der Waals surface area contributed by atoms with Gasteiger partial charge in [-0.25, -0.2) is 15.0 Å². The molecule has 7 heteroatoms. The van der Waals surface area contributed by atoms with Gasteiger partial charge in [-0.05, 0) is 29.7 Å². The molecule has 5 nitrogen and oxygen atoms in total. The van der Waals surface area contributed by atoms with E-state index in [0.717, 1.165) is 77.3 Å². The highest BCUT2D eigenvalue weighted by atomic mass is 28.3. The fourth-order valence-corrected chi connectivity index (χ4v) is 10.5. The quantitative estimate of drug-likeness (QED) is 0.131. The van der Waals surface area contributed by atoms with Crippen LogP contribution in [0.1, 0.15) is 0 Å². The number of benzene rings is 6. The van der Waals surface area contributed by atoms with E-state index in [1.165, 1.54) is 15.8 Å². The second-order valence-electron chi connectivity index (χ2n) is 16.6. The second-order valence-corrected chi connectivity index (χ2v) is 26.8. The van der Waals surface area contributed by atoms with Gasteiger partial charge in [0.05, 0.1) is 55.1 Å². The maximum absolute atomic E-state index is 5.46. The van der Waals surface area contributed by atoms with Crippen molar-refractivity contribution in [3.8, 4) is 28.5 Å². The van der Waals surface area contributed by atoms with E-state index in [1.807, 2.05) is 0 Å². The molecule has 262 valence electrons. The summed E-state index contributed by atoms with van der Waals surface area (Å²) in [5, 5.41) is 8.65. The Morgan fingerprint density at radius 2 is 0.926 bits per heavy atom. The number of imidazole rings is 1. The molecule has 0 aliphatic rings. The first kappa shape index (κ1) is 32.7. The second kappa shape index (κ2) is 11.8. The van der Waals surface area contributed by atoms with Gasteiger partial charge in [-0.1, -0.05) is 165 Å². The van der Waals surface area contributed by atoms with Crippen LogP contribution in [0.15, 0.2) is 140 Å². The van der Waals surface area contributed by atoms with Gasteiger partial charge >= 0.3 is 0 Å². The van der Waals surface area contributed by atoms with E-state index in [9.17, 15) is 0 Å². The van der Waals surface area contributed by atoms with Crippen molar-refractivity contribution < 1.29 is 0 Å². The van der Waals surface area contributed by atoms with Crippen LogP contribution < -0.4 is 10.4 Å². The average Bonchev–Trinajstić information content (AvgIpc) is 3.74. The zero-order chi connectivity index (χ0) is 36.9. The Morgan fingerprint density at radius 1 is 0.426 bits per heavy atom. The van der Waals surface area contributed by atoms with Crippen molar-refractivity contribution in [3.05, 3.63) is 140 Å². The standard InChI is InChI=1S/C47H41N5Si2/c1-53(2,3)32-23-19-30(20-24-32)40-29-41(31-21-25-33(26-22-31)54(4,5)6)50-47(49-40)52-42-17-11-9-14-35(42)37-28-27-36-34-13-7-8-15-38(34)46-48-39-16-10-12-18-43(39)51(46)44(36)45(37)52/h7-29H,1-6H3. The van der Waals surface area contributed by atoms with Crippen LogP contribution in [0.2, 0.25) is 39.3 Å². The average molecular weight is 732 g/mol. The van der Waals surface area contributed by atoms with Crippen LogP contribution in [0.4, 0.5) is 0 Å². The Balaban J connectivity index is 1.35. The Kier molecular flexibility index (Phi) is 7.15. The molecule has 0 saturated carbocycles. The van der Waals surface area contributed by atoms with E-state index in [1.54, 1.807) is 0 Å². The van der Waals surface area contributed by atoms with E-state index in [4.69, 9.17) is 15.0 Å². The van der Waals surface area contributed by atoms with Crippen molar-refractivity contribution in [2.24, 2.45) is 0 Å². The minimum absolute atomic E-state index is 0.649. The Morgan fingerprint density at radius 3 is 1.52 bits per heavy atom. The molecule has 0 unspecified atom stereocenters. The molecule has 0 fully saturated rings. The molecule has 0 radical (unpaired) electrons. The van der Waals surface area contributed by atoms with Gasteiger partial charge in [0.1, 0.15) is 5.65 Å². The Bertz CT molecular complexity index is 3030. The van der Waals surface area contributed by atoms with Crippen LogP contribution in [0.3, 0.4) is 0 Å². The first-order valence-corrected chi connectivity index (χ1v) is 25.8. The lowest BCUT2D eigenvalue weighted by molar-refractivity contribution is 0.996. The lowest BCUT2D eigenvalue weighted by atomic mass is 10.0. The van der Waals surface area contributed by atoms with Crippen LogP contribution in [-0.4, -0.2) is 40.1 Å². The zero-order valence-electron chi connectivity index (χ0n) is 31.5. The molecule has 4 aromatic heterocycles. The summed E-state index contributed by atoms with van der Waals surface area (Å²) in [7, 11) is -2.96. The number of hydrogen-bond acceptors (Lipinski definition) is 3. The number of pyridine rings is 1. The fourth-order valence-electron chi connectivity index (χ4n) is 8.15. The summed E-state index contributed by atoms with van der Waals surface area (Å²) in [6, 6.07) is 50.7. The first-order valence-electron chi connectivity index (χ1n) is 18.8. The van der Waals surface area contributed by atoms with Crippen molar-refractivity contribution in [2.75, 3.05) is 0 Å². The number of rotatable bonds is 5. The maximum Gasteiger partial charge on any atom is 0.235 e. The monoisotopic (exact) mass is 731 g/mol. The van der Waals surface area contributed by atoms with Gasteiger partial charge in [0, 0.05) is 32.7 Å². The van der Waals surface area contributed by atoms with Crippen LogP contribution in [0.5, 0.6) is 0 Å². The van der Waals surface area contributed by atoms with Crippen molar-refractivity contribution in [3.63, 3.8) is 0 Å². The van der Waals surface area contributed by atoms with Crippen LogP contribution in [0.25, 0.3) is 88.6 Å². The molecule has 0 amide bonds. The largest absolute Gasteiger partial charge is 0.290 e. The SMILES string of the molecule is C[Si](C)(C)c1ccc(-c2cc(-c3ccc([Si](C)(C)C)cc3)nc(-n3c4ccccc4c4ccc5c6ccccc6c6nc7ccccc7n6c5c43)n2)cc1. The maximum atomic E-state index is 5.46. The van der Waals surface area contributed by atoms with Crippen molar-refractivity contribution in [1.82, 2.24) is 23.9 Å². The molecule has 0 saturated heterocycles. The molecule has 10 aromatic rings. The van der Waals surface area contributed by atoms with Gasteiger partial charge in [0.15, 0.2) is 0 Å². The number of fused-ring (bicyclic) bond motifs is 12. The highest BCUT2D eigenvalue weighted by Crippen LogP contribution is 2.41. The molecule has 0 atom stereocenters. The molecule has 0 bridgehead atoms. The third kappa shape index (κ3) is 5.06. The Labute approximate surface area is 316 Å². The first-order chi connectivity index (χ1) is 26.0. The van der Waals surface area contributed by atoms with Gasteiger partial charge in [0.2, 0.25) is 5.95 Å². The van der Waals surface area contributed by atoms with Gasteiger partial charge in [-0.3, -0.25) is 8.97 Å². The number of aromatic nitrogens is 5. The molecule has 0 aliphatic heterocycles. The molecular formula is C47H41N5Si2. The summed E-state index contributed by atoms with van der Waals surface area (Å²) in [4.78, 5) is 16.2. The summed E-state index contributed by atoms with van der Waals surface area (Å²) >= 11 is 0. The van der Waals surface area contributed by atoms with E-state index < -0.39 is 16.1 Å². The summed E-state index contributed by atoms with van der Waals surface area (Å²) < 4.78 is 4.66. The van der Waals surface area contributed by atoms with Crippen LogP contribution >= 0.6 is 0 Å². The van der Waals surface area contributed by atoms with Gasteiger partial charge in [-0.2, -0.15) is 0 Å². The van der Waals surface area contributed by atoms with E-state index in [0.29, 0.717) is 5.95 Å². The molecule has 0 aliphatic carbocycles. The third-order valence-electron chi connectivity index (χ3n) is 11.1. The van der Waals surface area contributed by atoms with Crippen molar-refractivity contribution in [2.45, 2.75) is 39.3 Å². The molecule has 4 heterocycles. The summed E-state index contributed by atoms with van der Waals surface area (Å²) in [6.45, 7) is 14.4. The molecule has 54 heavy (non-hydrogen) atoms. The summed E-state index contributed by atoms with van der Waals surface area (Å²) in [5.41, 5.74) is 10.2. The topological polar surface area (TPSA) is 48.0 Å². The minimum atomic E-state index is -1.48. The predicted octanol–water partition coefficient (Wildman–Crippen LogP) is 11.1.